The van der Waals surface area contributed by atoms with Crippen LogP contribution in [-0.4, -0.2) is 28.7 Å². The van der Waals surface area contributed by atoms with Gasteiger partial charge in [-0.15, -0.1) is 0 Å². The van der Waals surface area contributed by atoms with E-state index in [1.54, 1.807) is 20.8 Å². The van der Waals surface area contributed by atoms with E-state index in [9.17, 15) is 9.59 Å². The average molecular weight is 256 g/mol. The van der Waals surface area contributed by atoms with Crippen molar-refractivity contribution in [3.63, 3.8) is 0 Å². The fourth-order valence-electron chi connectivity index (χ4n) is 2.02. The van der Waals surface area contributed by atoms with Crippen molar-refractivity contribution in [1.82, 2.24) is 10.6 Å². The highest BCUT2D eigenvalue weighted by Crippen LogP contribution is 2.39. The van der Waals surface area contributed by atoms with Crippen molar-refractivity contribution in [3.05, 3.63) is 0 Å². The van der Waals surface area contributed by atoms with Crippen LogP contribution in [0.2, 0.25) is 0 Å². The van der Waals surface area contributed by atoms with Crippen LogP contribution in [0, 0.1) is 11.3 Å². The Kier molecular flexibility index (Phi) is 3.93. The average Bonchev–Trinajstić information content (AvgIpc) is 2.93. The topological polar surface area (TPSA) is 78.4 Å². The van der Waals surface area contributed by atoms with E-state index in [-0.39, 0.29) is 5.54 Å². The van der Waals surface area contributed by atoms with Gasteiger partial charge in [0.2, 0.25) is 0 Å². The zero-order valence-corrected chi connectivity index (χ0v) is 11.8. The third-order valence-electron chi connectivity index (χ3n) is 3.42. The number of carboxylic acid groups (broad SMARTS) is 1. The van der Waals surface area contributed by atoms with Gasteiger partial charge in [-0.3, -0.25) is 0 Å². The summed E-state index contributed by atoms with van der Waals surface area (Å²) >= 11 is 0. The highest BCUT2D eigenvalue weighted by molar-refractivity contribution is 5.83. The lowest BCUT2D eigenvalue weighted by Gasteiger charge is -2.31. The van der Waals surface area contributed by atoms with E-state index in [1.807, 2.05) is 13.8 Å². The molecule has 104 valence electrons. The molecule has 0 bridgehead atoms. The molecule has 1 rings (SSSR count). The van der Waals surface area contributed by atoms with E-state index < -0.39 is 23.5 Å². The van der Waals surface area contributed by atoms with Gasteiger partial charge in [0.1, 0.15) is 6.04 Å². The summed E-state index contributed by atoms with van der Waals surface area (Å²) in [6, 6.07) is -1.30. The van der Waals surface area contributed by atoms with E-state index in [4.69, 9.17) is 5.11 Å². The minimum Gasteiger partial charge on any atom is -0.480 e. The minimum absolute atomic E-state index is 0.273. The van der Waals surface area contributed by atoms with Gasteiger partial charge in [0.25, 0.3) is 0 Å². The fraction of sp³-hybridized carbons (Fsp3) is 0.846. The van der Waals surface area contributed by atoms with Crippen molar-refractivity contribution in [2.75, 3.05) is 0 Å². The smallest absolute Gasteiger partial charge is 0.326 e. The van der Waals surface area contributed by atoms with Gasteiger partial charge in [0.15, 0.2) is 0 Å². The van der Waals surface area contributed by atoms with Crippen LogP contribution in [0.15, 0.2) is 0 Å². The van der Waals surface area contributed by atoms with Crippen LogP contribution in [-0.2, 0) is 4.79 Å². The number of nitrogens with one attached hydrogen (secondary N) is 2. The van der Waals surface area contributed by atoms with Crippen LogP contribution in [0.3, 0.4) is 0 Å². The lowest BCUT2D eigenvalue weighted by atomic mass is 9.87. The fourth-order valence-corrected chi connectivity index (χ4v) is 2.02. The third kappa shape index (κ3) is 3.89. The van der Waals surface area contributed by atoms with Crippen LogP contribution in [0.25, 0.3) is 0 Å². The maximum absolute atomic E-state index is 11.9. The first-order valence-electron chi connectivity index (χ1n) is 6.35. The van der Waals surface area contributed by atoms with Crippen LogP contribution in [0.4, 0.5) is 4.79 Å². The van der Waals surface area contributed by atoms with Crippen molar-refractivity contribution in [2.45, 2.75) is 59.0 Å². The van der Waals surface area contributed by atoms with Crippen LogP contribution >= 0.6 is 0 Å². The predicted molar refractivity (Wildman–Crippen MR) is 69.3 cm³/mol. The Bertz CT molecular complexity index is 341. The number of urea groups is 1. The minimum atomic E-state index is -1.01. The Labute approximate surface area is 108 Å². The van der Waals surface area contributed by atoms with Crippen molar-refractivity contribution in [1.29, 1.82) is 0 Å². The second-order valence-electron chi connectivity index (χ2n) is 6.73. The van der Waals surface area contributed by atoms with Crippen LogP contribution < -0.4 is 10.6 Å². The van der Waals surface area contributed by atoms with Crippen molar-refractivity contribution in [2.24, 2.45) is 11.3 Å². The van der Waals surface area contributed by atoms with Crippen molar-refractivity contribution in [3.8, 4) is 0 Å². The van der Waals surface area contributed by atoms with Gasteiger partial charge in [-0.1, -0.05) is 20.8 Å². The quantitative estimate of drug-likeness (QED) is 0.719. The molecule has 1 atom stereocenters. The third-order valence-corrected chi connectivity index (χ3v) is 3.42. The normalized spacial score (nSPS) is 18.1. The molecule has 0 spiro atoms. The molecule has 3 N–H and O–H groups in total. The van der Waals surface area contributed by atoms with Gasteiger partial charge in [-0.05, 0) is 38.0 Å². The number of carbonyl (C=O) groups excluding carboxylic acids is 1. The summed E-state index contributed by atoms with van der Waals surface area (Å²) in [6.07, 6.45) is 2.24. The van der Waals surface area contributed by atoms with E-state index in [2.05, 4.69) is 10.6 Å². The predicted octanol–water partition coefficient (Wildman–Crippen LogP) is 1.97. The number of carboxylic acids is 1. The number of rotatable bonds is 4. The molecule has 5 nitrogen and oxygen atoms in total. The molecule has 0 aromatic carbocycles. The summed E-state index contributed by atoms with van der Waals surface area (Å²) in [5.41, 5.74) is -0.794. The van der Waals surface area contributed by atoms with Crippen molar-refractivity contribution < 1.29 is 14.7 Å². The number of hydrogen-bond donors (Lipinski definition) is 3. The first kappa shape index (κ1) is 14.8. The maximum Gasteiger partial charge on any atom is 0.326 e. The van der Waals surface area contributed by atoms with Crippen LogP contribution in [0.1, 0.15) is 47.5 Å². The van der Waals surface area contributed by atoms with Gasteiger partial charge < -0.3 is 15.7 Å². The SMILES string of the molecule is CC(C)(NC(=O)N[C@H](C(=O)O)C(C)(C)C)C1CC1. The lowest BCUT2D eigenvalue weighted by Crippen LogP contribution is -2.56. The Morgan fingerprint density at radius 3 is 2.00 bits per heavy atom. The molecule has 18 heavy (non-hydrogen) atoms. The summed E-state index contributed by atoms with van der Waals surface area (Å²) in [6.45, 7) is 9.31. The van der Waals surface area contributed by atoms with Gasteiger partial charge >= 0.3 is 12.0 Å². The summed E-state index contributed by atoms with van der Waals surface area (Å²) in [4.78, 5) is 23.0. The molecular weight excluding hydrogens is 232 g/mol. The number of carbonyl (C=O) groups is 2. The molecule has 1 aliphatic carbocycles. The Morgan fingerprint density at radius 2 is 1.67 bits per heavy atom. The Morgan fingerprint density at radius 1 is 1.17 bits per heavy atom. The lowest BCUT2D eigenvalue weighted by molar-refractivity contribution is -0.141. The van der Waals surface area contributed by atoms with E-state index in [0.29, 0.717) is 5.92 Å². The molecule has 1 fully saturated rings. The molecule has 2 amide bonds. The summed E-state index contributed by atoms with van der Waals surface area (Å²) < 4.78 is 0. The molecule has 0 heterocycles. The molecule has 0 aliphatic heterocycles. The van der Waals surface area contributed by atoms with Crippen LogP contribution in [0.5, 0.6) is 0 Å². The van der Waals surface area contributed by atoms with E-state index in [0.717, 1.165) is 12.8 Å². The van der Waals surface area contributed by atoms with E-state index in [1.165, 1.54) is 0 Å². The van der Waals surface area contributed by atoms with Gasteiger partial charge in [-0.2, -0.15) is 0 Å². The highest BCUT2D eigenvalue weighted by atomic mass is 16.4. The highest BCUT2D eigenvalue weighted by Gasteiger charge is 2.40. The van der Waals surface area contributed by atoms with Gasteiger partial charge in [0, 0.05) is 5.54 Å². The summed E-state index contributed by atoms with van der Waals surface area (Å²) in [5, 5.41) is 14.5. The van der Waals surface area contributed by atoms with Gasteiger partial charge in [-0.25, -0.2) is 9.59 Å². The molecule has 1 saturated carbocycles. The first-order chi connectivity index (χ1) is 8.04. The first-order valence-corrected chi connectivity index (χ1v) is 6.35. The molecule has 5 heteroatoms. The second kappa shape index (κ2) is 4.78. The number of amides is 2. The standard InChI is InChI=1S/C13H24N2O3/c1-12(2,3)9(10(16)17)14-11(18)15-13(4,5)8-6-7-8/h8-9H,6-7H2,1-5H3,(H,16,17)(H2,14,15,18)/t9-/m1/s1. The molecule has 0 saturated heterocycles. The van der Waals surface area contributed by atoms with Gasteiger partial charge in [0.05, 0.1) is 0 Å². The molecule has 0 aromatic rings. The molecular formula is C13H24N2O3. The monoisotopic (exact) mass is 256 g/mol. The zero-order chi connectivity index (χ0) is 14.1. The molecule has 0 unspecified atom stereocenters. The van der Waals surface area contributed by atoms with E-state index >= 15 is 0 Å². The zero-order valence-electron chi connectivity index (χ0n) is 11.8. The second-order valence-corrected chi connectivity index (χ2v) is 6.73. The molecule has 0 radical (unpaired) electrons. The maximum atomic E-state index is 11.9. The van der Waals surface area contributed by atoms with Crippen molar-refractivity contribution >= 4 is 12.0 Å². The summed E-state index contributed by atoms with van der Waals surface area (Å²) in [5.74, 6) is -0.511. The number of aliphatic carboxylic acids is 1. The summed E-state index contributed by atoms with van der Waals surface area (Å²) in [7, 11) is 0. The largest absolute Gasteiger partial charge is 0.480 e. The number of hydrogen-bond acceptors (Lipinski definition) is 2. The Balaban J connectivity index is 2.59. The Hall–Kier alpha value is -1.26. The molecule has 1 aliphatic rings. The molecule has 0 aromatic heterocycles.